The molecule has 2 rings (SSSR count). The summed E-state index contributed by atoms with van der Waals surface area (Å²) >= 11 is 1.85. The molecule has 2 nitrogen and oxygen atoms in total. The molecule has 1 saturated carbocycles. The van der Waals surface area contributed by atoms with Crippen LogP contribution in [0.5, 0.6) is 0 Å². The Hall–Kier alpha value is -0.410. The van der Waals surface area contributed by atoms with Crippen LogP contribution in [0.4, 0.5) is 0 Å². The van der Waals surface area contributed by atoms with Gasteiger partial charge in [0.05, 0.1) is 5.01 Å². The highest BCUT2D eigenvalue weighted by Crippen LogP contribution is 2.28. The fourth-order valence-electron chi connectivity index (χ4n) is 2.95. The smallest absolute Gasteiger partial charge is 0.0925 e. The predicted octanol–water partition coefficient (Wildman–Crippen LogP) is 3.62. The molecule has 1 heterocycles. The van der Waals surface area contributed by atoms with Crippen LogP contribution in [0.3, 0.4) is 0 Å². The van der Waals surface area contributed by atoms with E-state index in [0.717, 1.165) is 24.8 Å². The normalized spacial score (nSPS) is 29.5. The SMILES string of the molecule is CCc1ncc(CNC2CC(C)CC(C)C2)s1. The number of nitrogens with zero attached hydrogens (tertiary/aromatic N) is 1. The zero-order valence-corrected chi connectivity index (χ0v) is 12.0. The van der Waals surface area contributed by atoms with Gasteiger partial charge in [0, 0.05) is 23.7 Å². The van der Waals surface area contributed by atoms with Gasteiger partial charge in [-0.05, 0) is 37.5 Å². The summed E-state index contributed by atoms with van der Waals surface area (Å²) in [6.07, 6.45) is 7.17. The minimum Gasteiger partial charge on any atom is -0.309 e. The van der Waals surface area contributed by atoms with Crippen molar-refractivity contribution < 1.29 is 0 Å². The number of nitrogens with one attached hydrogen (secondary N) is 1. The van der Waals surface area contributed by atoms with E-state index in [1.54, 1.807) is 0 Å². The largest absolute Gasteiger partial charge is 0.309 e. The fourth-order valence-corrected chi connectivity index (χ4v) is 3.77. The molecule has 1 N–H and O–H groups in total. The Morgan fingerprint density at radius 1 is 1.29 bits per heavy atom. The lowest BCUT2D eigenvalue weighted by Crippen LogP contribution is -2.35. The first-order valence-electron chi connectivity index (χ1n) is 6.84. The van der Waals surface area contributed by atoms with Crippen molar-refractivity contribution in [1.82, 2.24) is 10.3 Å². The van der Waals surface area contributed by atoms with Gasteiger partial charge in [-0.25, -0.2) is 4.98 Å². The molecule has 0 saturated heterocycles. The monoisotopic (exact) mass is 252 g/mol. The summed E-state index contributed by atoms with van der Waals surface area (Å²) in [7, 11) is 0. The van der Waals surface area contributed by atoms with Crippen molar-refractivity contribution in [3.63, 3.8) is 0 Å². The van der Waals surface area contributed by atoms with Crippen LogP contribution in [0, 0.1) is 11.8 Å². The Morgan fingerprint density at radius 3 is 2.59 bits per heavy atom. The first kappa shape index (κ1) is 13.0. The highest BCUT2D eigenvalue weighted by atomic mass is 32.1. The van der Waals surface area contributed by atoms with Crippen LogP contribution in [0.1, 0.15) is 49.9 Å². The molecule has 0 bridgehead atoms. The van der Waals surface area contributed by atoms with Crippen LogP contribution < -0.4 is 5.32 Å². The van der Waals surface area contributed by atoms with Gasteiger partial charge >= 0.3 is 0 Å². The van der Waals surface area contributed by atoms with Gasteiger partial charge in [-0.2, -0.15) is 0 Å². The Bertz CT molecular complexity index is 338. The molecule has 1 aliphatic rings. The molecular formula is C14H24N2S. The lowest BCUT2D eigenvalue weighted by Gasteiger charge is -2.32. The number of aromatic nitrogens is 1. The molecule has 0 spiro atoms. The van der Waals surface area contributed by atoms with Crippen LogP contribution in [0.2, 0.25) is 0 Å². The molecule has 1 aromatic rings. The van der Waals surface area contributed by atoms with Crippen molar-refractivity contribution in [3.05, 3.63) is 16.1 Å². The minimum atomic E-state index is 0.709. The van der Waals surface area contributed by atoms with Crippen LogP contribution in [0.25, 0.3) is 0 Å². The van der Waals surface area contributed by atoms with E-state index in [1.807, 2.05) is 17.5 Å². The summed E-state index contributed by atoms with van der Waals surface area (Å²) in [5.41, 5.74) is 0. The molecule has 3 heteroatoms. The lowest BCUT2D eigenvalue weighted by molar-refractivity contribution is 0.238. The highest BCUT2D eigenvalue weighted by Gasteiger charge is 2.23. The van der Waals surface area contributed by atoms with Crippen molar-refractivity contribution in [2.45, 2.75) is 59.0 Å². The zero-order valence-electron chi connectivity index (χ0n) is 11.2. The quantitative estimate of drug-likeness (QED) is 0.885. The lowest BCUT2D eigenvalue weighted by atomic mass is 9.80. The highest BCUT2D eigenvalue weighted by molar-refractivity contribution is 7.11. The molecule has 0 amide bonds. The second-order valence-electron chi connectivity index (χ2n) is 5.57. The van der Waals surface area contributed by atoms with Gasteiger partial charge in [0.25, 0.3) is 0 Å². The average Bonchev–Trinajstić information content (AvgIpc) is 2.73. The van der Waals surface area contributed by atoms with Crippen molar-refractivity contribution in [1.29, 1.82) is 0 Å². The summed E-state index contributed by atoms with van der Waals surface area (Å²) in [6.45, 7) is 7.93. The maximum Gasteiger partial charge on any atom is 0.0925 e. The molecule has 2 atom stereocenters. The number of aryl methyl sites for hydroxylation is 1. The van der Waals surface area contributed by atoms with Crippen LogP contribution >= 0.6 is 11.3 Å². The van der Waals surface area contributed by atoms with Gasteiger partial charge in [-0.15, -0.1) is 11.3 Å². The molecule has 1 aliphatic carbocycles. The van der Waals surface area contributed by atoms with E-state index in [1.165, 1.54) is 29.1 Å². The summed E-state index contributed by atoms with van der Waals surface area (Å²) < 4.78 is 0. The maximum absolute atomic E-state index is 4.41. The van der Waals surface area contributed by atoms with Gasteiger partial charge in [0.15, 0.2) is 0 Å². The molecule has 0 radical (unpaired) electrons. The first-order valence-corrected chi connectivity index (χ1v) is 7.66. The standard InChI is InChI=1S/C14H24N2S/c1-4-14-16-9-13(17-14)8-15-12-6-10(2)5-11(3)7-12/h9-12,15H,4-8H2,1-3H3. The van der Waals surface area contributed by atoms with Gasteiger partial charge in [-0.3, -0.25) is 0 Å². The summed E-state index contributed by atoms with van der Waals surface area (Å²) in [4.78, 5) is 5.79. The molecule has 0 aliphatic heterocycles. The van der Waals surface area contributed by atoms with E-state index in [-0.39, 0.29) is 0 Å². The van der Waals surface area contributed by atoms with E-state index >= 15 is 0 Å². The number of hydrogen-bond acceptors (Lipinski definition) is 3. The number of rotatable bonds is 4. The number of hydrogen-bond donors (Lipinski definition) is 1. The van der Waals surface area contributed by atoms with E-state index in [4.69, 9.17) is 0 Å². The first-order chi connectivity index (χ1) is 8.17. The molecule has 1 fully saturated rings. The summed E-state index contributed by atoms with van der Waals surface area (Å²) in [6, 6.07) is 0.709. The molecule has 1 aromatic heterocycles. The van der Waals surface area contributed by atoms with Crippen molar-refractivity contribution >= 4 is 11.3 Å². The van der Waals surface area contributed by atoms with E-state index in [2.05, 4.69) is 31.1 Å². The molecule has 17 heavy (non-hydrogen) atoms. The minimum absolute atomic E-state index is 0.709. The van der Waals surface area contributed by atoms with Gasteiger partial charge in [-0.1, -0.05) is 20.8 Å². The van der Waals surface area contributed by atoms with Gasteiger partial charge < -0.3 is 5.32 Å². The Morgan fingerprint density at radius 2 is 2.00 bits per heavy atom. The molecule has 0 aromatic carbocycles. The molecular weight excluding hydrogens is 228 g/mol. The van der Waals surface area contributed by atoms with E-state index < -0.39 is 0 Å². The van der Waals surface area contributed by atoms with Crippen LogP contribution in [-0.2, 0) is 13.0 Å². The van der Waals surface area contributed by atoms with Crippen molar-refractivity contribution in [3.8, 4) is 0 Å². The van der Waals surface area contributed by atoms with Crippen LogP contribution in [0.15, 0.2) is 6.20 Å². The predicted molar refractivity (Wildman–Crippen MR) is 74.3 cm³/mol. The Balaban J connectivity index is 1.81. The molecule has 2 unspecified atom stereocenters. The Labute approximate surface area is 109 Å². The van der Waals surface area contributed by atoms with Gasteiger partial charge in [0.1, 0.15) is 0 Å². The van der Waals surface area contributed by atoms with E-state index in [9.17, 15) is 0 Å². The summed E-state index contributed by atoms with van der Waals surface area (Å²) in [5.74, 6) is 1.76. The van der Waals surface area contributed by atoms with Crippen molar-refractivity contribution in [2.75, 3.05) is 0 Å². The topological polar surface area (TPSA) is 24.9 Å². The third-order valence-electron chi connectivity index (χ3n) is 3.65. The fraction of sp³-hybridized carbons (Fsp3) is 0.786. The van der Waals surface area contributed by atoms with Crippen molar-refractivity contribution in [2.24, 2.45) is 11.8 Å². The molecule has 96 valence electrons. The zero-order chi connectivity index (χ0) is 12.3. The average molecular weight is 252 g/mol. The Kier molecular flexibility index (Phi) is 4.57. The second kappa shape index (κ2) is 5.96. The van der Waals surface area contributed by atoms with Crippen LogP contribution in [-0.4, -0.2) is 11.0 Å². The third kappa shape index (κ3) is 3.78. The maximum atomic E-state index is 4.41. The van der Waals surface area contributed by atoms with Gasteiger partial charge in [0.2, 0.25) is 0 Å². The summed E-state index contributed by atoms with van der Waals surface area (Å²) in [5, 5.41) is 4.96. The second-order valence-corrected chi connectivity index (χ2v) is 6.77. The number of thiazole rings is 1. The third-order valence-corrected chi connectivity index (χ3v) is 4.79. The van der Waals surface area contributed by atoms with E-state index in [0.29, 0.717) is 6.04 Å².